The van der Waals surface area contributed by atoms with Gasteiger partial charge >= 0.3 is 0 Å². The van der Waals surface area contributed by atoms with E-state index in [2.05, 4.69) is 20.6 Å². The van der Waals surface area contributed by atoms with Gasteiger partial charge in [0.1, 0.15) is 5.69 Å². The van der Waals surface area contributed by atoms with Crippen molar-refractivity contribution in [1.82, 2.24) is 15.6 Å². The summed E-state index contributed by atoms with van der Waals surface area (Å²) in [5, 5.41) is 6.27. The van der Waals surface area contributed by atoms with Crippen LogP contribution in [0, 0.1) is 0 Å². The first-order valence-corrected chi connectivity index (χ1v) is 5.90. The van der Waals surface area contributed by atoms with Crippen molar-refractivity contribution in [3.63, 3.8) is 0 Å². The van der Waals surface area contributed by atoms with E-state index >= 15 is 0 Å². The Balaban J connectivity index is 2.16. The Hall–Kier alpha value is -1.69. The van der Waals surface area contributed by atoms with E-state index in [0.29, 0.717) is 17.6 Å². The number of aromatic nitrogens is 2. The van der Waals surface area contributed by atoms with E-state index in [1.165, 1.54) is 25.3 Å². The SMILES string of the molecule is NNC(=NC1CCCCC1)c1ccc(=O)[nH]n1. The van der Waals surface area contributed by atoms with Crippen molar-refractivity contribution in [2.24, 2.45) is 10.8 Å². The van der Waals surface area contributed by atoms with E-state index in [1.807, 2.05) is 0 Å². The maximum absolute atomic E-state index is 10.9. The molecule has 1 fully saturated rings. The quantitative estimate of drug-likeness (QED) is 0.297. The summed E-state index contributed by atoms with van der Waals surface area (Å²) < 4.78 is 0. The van der Waals surface area contributed by atoms with Crippen molar-refractivity contribution in [2.75, 3.05) is 0 Å². The van der Waals surface area contributed by atoms with Gasteiger partial charge in [-0.3, -0.25) is 9.79 Å². The third-order valence-corrected chi connectivity index (χ3v) is 2.94. The molecular formula is C11H17N5O. The molecule has 6 nitrogen and oxygen atoms in total. The van der Waals surface area contributed by atoms with Crippen molar-refractivity contribution in [3.05, 3.63) is 28.2 Å². The van der Waals surface area contributed by atoms with Crippen molar-refractivity contribution in [1.29, 1.82) is 0 Å². The van der Waals surface area contributed by atoms with Gasteiger partial charge in [-0.05, 0) is 18.9 Å². The second-order valence-electron chi connectivity index (χ2n) is 4.22. The van der Waals surface area contributed by atoms with Gasteiger partial charge in [0, 0.05) is 6.07 Å². The fraction of sp³-hybridized carbons (Fsp3) is 0.545. The normalized spacial score (nSPS) is 18.1. The lowest BCUT2D eigenvalue weighted by molar-refractivity contribution is 0.442. The Morgan fingerprint density at radius 3 is 2.76 bits per heavy atom. The van der Waals surface area contributed by atoms with Crippen LogP contribution in [0.1, 0.15) is 37.8 Å². The predicted octanol–water partition coefficient (Wildman–Crippen LogP) is 0.312. The average molecular weight is 235 g/mol. The highest BCUT2D eigenvalue weighted by molar-refractivity contribution is 5.96. The molecule has 1 aliphatic carbocycles. The molecule has 92 valence electrons. The molecule has 1 aromatic rings. The number of nitrogens with zero attached hydrogens (tertiary/aromatic N) is 2. The summed E-state index contributed by atoms with van der Waals surface area (Å²) >= 11 is 0. The topological polar surface area (TPSA) is 96.2 Å². The molecule has 0 saturated heterocycles. The molecule has 1 aromatic heterocycles. The Labute approximate surface area is 99.3 Å². The van der Waals surface area contributed by atoms with Gasteiger partial charge in [-0.2, -0.15) is 5.10 Å². The van der Waals surface area contributed by atoms with E-state index in [1.54, 1.807) is 6.07 Å². The van der Waals surface area contributed by atoms with Crippen molar-refractivity contribution in [3.8, 4) is 0 Å². The van der Waals surface area contributed by atoms with Gasteiger partial charge in [0.15, 0.2) is 5.84 Å². The van der Waals surface area contributed by atoms with Crippen LogP contribution in [0.5, 0.6) is 0 Å². The molecule has 4 N–H and O–H groups in total. The molecule has 1 saturated carbocycles. The summed E-state index contributed by atoms with van der Waals surface area (Å²) in [4.78, 5) is 15.5. The van der Waals surface area contributed by atoms with E-state index in [0.717, 1.165) is 12.8 Å². The monoisotopic (exact) mass is 235 g/mol. The highest BCUT2D eigenvalue weighted by atomic mass is 16.1. The minimum atomic E-state index is -0.234. The Bertz CT molecular complexity index is 427. The van der Waals surface area contributed by atoms with Gasteiger partial charge in [-0.15, -0.1) is 0 Å². The Morgan fingerprint density at radius 1 is 1.41 bits per heavy atom. The molecule has 6 heteroatoms. The molecule has 0 unspecified atom stereocenters. The second-order valence-corrected chi connectivity index (χ2v) is 4.22. The molecule has 17 heavy (non-hydrogen) atoms. The van der Waals surface area contributed by atoms with Crippen LogP contribution in [0.15, 0.2) is 21.9 Å². The van der Waals surface area contributed by atoms with Gasteiger partial charge < -0.3 is 5.43 Å². The van der Waals surface area contributed by atoms with Crippen LogP contribution in [-0.4, -0.2) is 22.1 Å². The fourth-order valence-electron chi connectivity index (χ4n) is 2.05. The minimum Gasteiger partial charge on any atom is -0.307 e. The summed E-state index contributed by atoms with van der Waals surface area (Å²) in [6.45, 7) is 0. The van der Waals surface area contributed by atoms with Crippen LogP contribution in [-0.2, 0) is 0 Å². The molecule has 0 aromatic carbocycles. The number of hydrogen-bond acceptors (Lipinski definition) is 4. The van der Waals surface area contributed by atoms with E-state index in [4.69, 9.17) is 5.84 Å². The molecule has 0 aliphatic heterocycles. The number of rotatable bonds is 2. The van der Waals surface area contributed by atoms with E-state index < -0.39 is 0 Å². The predicted molar refractivity (Wildman–Crippen MR) is 65.6 cm³/mol. The van der Waals surface area contributed by atoms with Crippen LogP contribution in [0.2, 0.25) is 0 Å². The van der Waals surface area contributed by atoms with Gasteiger partial charge in [0.2, 0.25) is 0 Å². The summed E-state index contributed by atoms with van der Waals surface area (Å²) in [5.41, 5.74) is 2.88. The molecular weight excluding hydrogens is 218 g/mol. The number of aromatic amines is 1. The maximum atomic E-state index is 10.9. The highest BCUT2D eigenvalue weighted by Crippen LogP contribution is 2.20. The first-order valence-electron chi connectivity index (χ1n) is 5.90. The number of amidine groups is 1. The zero-order chi connectivity index (χ0) is 12.1. The second kappa shape index (κ2) is 5.58. The first kappa shape index (κ1) is 11.8. The minimum absolute atomic E-state index is 0.234. The maximum Gasteiger partial charge on any atom is 0.264 e. The lowest BCUT2D eigenvalue weighted by Crippen LogP contribution is -2.34. The number of hydrazine groups is 1. The lowest BCUT2D eigenvalue weighted by Gasteiger charge is -2.18. The standard InChI is InChI=1S/C11H17N5O/c12-14-11(9-6-7-10(17)16-15-9)13-8-4-2-1-3-5-8/h6-8H,1-5,12H2,(H,13,14)(H,16,17). The van der Waals surface area contributed by atoms with Crippen molar-refractivity contribution in [2.45, 2.75) is 38.1 Å². The number of H-pyrrole nitrogens is 1. The first-order chi connectivity index (χ1) is 8.29. The average Bonchev–Trinajstić information content (AvgIpc) is 2.38. The van der Waals surface area contributed by atoms with Crippen molar-refractivity contribution < 1.29 is 0 Å². The third kappa shape index (κ3) is 3.13. The van der Waals surface area contributed by atoms with E-state index in [9.17, 15) is 4.79 Å². The highest BCUT2D eigenvalue weighted by Gasteiger charge is 2.14. The van der Waals surface area contributed by atoms with Crippen molar-refractivity contribution >= 4 is 5.84 Å². The zero-order valence-electron chi connectivity index (χ0n) is 9.65. The molecule has 1 aliphatic rings. The molecule has 2 rings (SSSR count). The summed E-state index contributed by atoms with van der Waals surface area (Å²) in [5.74, 6) is 5.98. The van der Waals surface area contributed by atoms with Crippen LogP contribution in [0.3, 0.4) is 0 Å². The summed E-state index contributed by atoms with van der Waals surface area (Å²) in [6.07, 6.45) is 5.90. The number of hydrogen-bond donors (Lipinski definition) is 3. The fourth-order valence-corrected chi connectivity index (χ4v) is 2.05. The number of aliphatic imine (C=N–C) groups is 1. The van der Waals surface area contributed by atoms with Crippen LogP contribution < -0.4 is 16.8 Å². The molecule has 0 atom stereocenters. The largest absolute Gasteiger partial charge is 0.307 e. The Morgan fingerprint density at radius 2 is 2.18 bits per heavy atom. The molecule has 0 spiro atoms. The van der Waals surface area contributed by atoms with Crippen LogP contribution in [0.25, 0.3) is 0 Å². The third-order valence-electron chi connectivity index (χ3n) is 2.94. The molecule has 1 heterocycles. The smallest absolute Gasteiger partial charge is 0.264 e. The van der Waals surface area contributed by atoms with Gasteiger partial charge in [0.05, 0.1) is 6.04 Å². The number of nitrogens with one attached hydrogen (secondary N) is 2. The van der Waals surface area contributed by atoms with Crippen LogP contribution >= 0.6 is 0 Å². The molecule has 0 bridgehead atoms. The van der Waals surface area contributed by atoms with Gasteiger partial charge in [0.25, 0.3) is 5.56 Å². The van der Waals surface area contributed by atoms with Gasteiger partial charge in [-0.1, -0.05) is 19.3 Å². The van der Waals surface area contributed by atoms with E-state index in [-0.39, 0.29) is 5.56 Å². The number of nitrogens with two attached hydrogens (primary N) is 1. The van der Waals surface area contributed by atoms with Gasteiger partial charge in [-0.25, -0.2) is 10.9 Å². The molecule has 0 amide bonds. The van der Waals surface area contributed by atoms with Crippen LogP contribution in [0.4, 0.5) is 0 Å². The molecule has 0 radical (unpaired) electrons. The Kier molecular flexibility index (Phi) is 3.87. The summed E-state index contributed by atoms with van der Waals surface area (Å²) in [6, 6.07) is 3.33. The lowest BCUT2D eigenvalue weighted by atomic mass is 9.96. The zero-order valence-corrected chi connectivity index (χ0v) is 9.65. The summed E-state index contributed by atoms with van der Waals surface area (Å²) in [7, 11) is 0.